The topological polar surface area (TPSA) is 35.5 Å². The second kappa shape index (κ2) is 7.66. The van der Waals surface area contributed by atoms with E-state index in [0.29, 0.717) is 11.4 Å². The number of ketones is 1. The molecule has 0 N–H and O–H groups in total. The number of methoxy groups -OCH3 is 2. The van der Waals surface area contributed by atoms with Crippen LogP contribution in [0.4, 0.5) is 0 Å². The fraction of sp³-hybridized carbons (Fsp3) is 0.167. The maximum Gasteiger partial charge on any atom is 0.185 e. The van der Waals surface area contributed by atoms with Crippen LogP contribution in [0.25, 0.3) is 6.08 Å². The Hall–Kier alpha value is -2.26. The van der Waals surface area contributed by atoms with Gasteiger partial charge < -0.3 is 9.47 Å². The molecule has 0 aliphatic carbocycles. The predicted octanol–water partition coefficient (Wildman–Crippen LogP) is 4.34. The first kappa shape index (κ1) is 16.1. The average Bonchev–Trinajstić information content (AvgIpc) is 2.59. The Kier molecular flexibility index (Phi) is 5.61. The fourth-order valence-corrected chi connectivity index (χ4v) is 2.24. The van der Waals surface area contributed by atoms with Gasteiger partial charge in [-0.1, -0.05) is 12.1 Å². The number of hydrogen-bond acceptors (Lipinski definition) is 3. The molecular formula is C18H17ClO3. The average molecular weight is 317 g/mol. The van der Waals surface area contributed by atoms with Gasteiger partial charge in [-0.3, -0.25) is 4.79 Å². The number of alkyl halides is 1. The van der Waals surface area contributed by atoms with Gasteiger partial charge in [-0.15, -0.1) is 11.6 Å². The van der Waals surface area contributed by atoms with E-state index in [1.165, 1.54) is 0 Å². The van der Waals surface area contributed by atoms with Crippen molar-refractivity contribution >= 4 is 23.5 Å². The lowest BCUT2D eigenvalue weighted by Gasteiger charge is -2.06. The number of halogens is 1. The third-order valence-corrected chi connectivity index (χ3v) is 3.54. The number of ether oxygens (including phenoxy) is 2. The molecule has 114 valence electrons. The van der Waals surface area contributed by atoms with Crippen molar-refractivity contribution in [1.29, 1.82) is 0 Å². The van der Waals surface area contributed by atoms with Crippen LogP contribution in [0.2, 0.25) is 0 Å². The zero-order chi connectivity index (χ0) is 15.9. The van der Waals surface area contributed by atoms with Crippen molar-refractivity contribution in [1.82, 2.24) is 0 Å². The van der Waals surface area contributed by atoms with Crippen molar-refractivity contribution in [3.05, 3.63) is 65.2 Å². The Morgan fingerprint density at radius 1 is 1.09 bits per heavy atom. The molecular weight excluding hydrogens is 300 g/mol. The van der Waals surface area contributed by atoms with Gasteiger partial charge in [-0.05, 0) is 48.0 Å². The predicted molar refractivity (Wildman–Crippen MR) is 88.9 cm³/mol. The summed E-state index contributed by atoms with van der Waals surface area (Å²) in [5, 5.41) is 0. The Bertz CT molecular complexity index is 675. The first-order valence-electron chi connectivity index (χ1n) is 6.77. The van der Waals surface area contributed by atoms with E-state index in [4.69, 9.17) is 21.1 Å². The molecule has 3 nitrogen and oxygen atoms in total. The SMILES string of the molecule is COc1ccc(C(=O)/C=C/c2ccc(OC)c(CCl)c2)cc1. The lowest BCUT2D eigenvalue weighted by molar-refractivity contribution is 0.104. The lowest BCUT2D eigenvalue weighted by Crippen LogP contribution is -1.94. The molecule has 4 heteroatoms. The third kappa shape index (κ3) is 3.89. The summed E-state index contributed by atoms with van der Waals surface area (Å²) in [6.07, 6.45) is 3.31. The lowest BCUT2D eigenvalue weighted by atomic mass is 10.1. The van der Waals surface area contributed by atoms with Crippen molar-refractivity contribution in [2.75, 3.05) is 14.2 Å². The molecule has 22 heavy (non-hydrogen) atoms. The molecule has 0 bridgehead atoms. The Labute approximate surface area is 135 Å². The Balaban J connectivity index is 2.14. The summed E-state index contributed by atoms with van der Waals surface area (Å²) in [5.74, 6) is 1.76. The molecule has 0 amide bonds. The molecule has 0 unspecified atom stereocenters. The standard InChI is InChI=1S/C18H17ClO3/c1-21-16-7-5-14(6-8-16)17(20)9-3-13-4-10-18(22-2)15(11-13)12-19/h3-11H,12H2,1-2H3/b9-3+. The number of carbonyl (C=O) groups is 1. The number of benzene rings is 2. The second-order valence-electron chi connectivity index (χ2n) is 4.63. The minimum atomic E-state index is -0.0640. The molecule has 0 aliphatic rings. The quantitative estimate of drug-likeness (QED) is 0.452. The number of hydrogen-bond donors (Lipinski definition) is 0. The molecule has 0 saturated carbocycles. The fourth-order valence-electron chi connectivity index (χ4n) is 2.03. The van der Waals surface area contributed by atoms with Gasteiger partial charge >= 0.3 is 0 Å². The first-order chi connectivity index (χ1) is 10.7. The molecule has 2 aromatic carbocycles. The van der Waals surface area contributed by atoms with Gasteiger partial charge in [0.05, 0.1) is 20.1 Å². The van der Waals surface area contributed by atoms with Crippen molar-refractivity contribution in [3.8, 4) is 11.5 Å². The van der Waals surface area contributed by atoms with Crippen LogP contribution in [-0.4, -0.2) is 20.0 Å². The van der Waals surface area contributed by atoms with E-state index in [-0.39, 0.29) is 5.78 Å². The van der Waals surface area contributed by atoms with Crippen molar-refractivity contribution in [3.63, 3.8) is 0 Å². The van der Waals surface area contributed by atoms with Crippen LogP contribution in [0.1, 0.15) is 21.5 Å². The van der Waals surface area contributed by atoms with Crippen molar-refractivity contribution in [2.45, 2.75) is 5.88 Å². The maximum absolute atomic E-state index is 12.1. The molecule has 2 aromatic rings. The third-order valence-electron chi connectivity index (χ3n) is 3.25. The van der Waals surface area contributed by atoms with Gasteiger partial charge in [0.25, 0.3) is 0 Å². The van der Waals surface area contributed by atoms with E-state index in [2.05, 4.69) is 0 Å². The smallest absolute Gasteiger partial charge is 0.185 e. The molecule has 0 radical (unpaired) electrons. The number of allylic oxidation sites excluding steroid dienone is 1. The van der Waals surface area contributed by atoms with Crippen LogP contribution in [0, 0.1) is 0 Å². The minimum absolute atomic E-state index is 0.0640. The van der Waals surface area contributed by atoms with E-state index in [0.717, 1.165) is 22.6 Å². The highest BCUT2D eigenvalue weighted by Crippen LogP contribution is 2.22. The highest BCUT2D eigenvalue weighted by molar-refractivity contribution is 6.17. The zero-order valence-electron chi connectivity index (χ0n) is 12.5. The van der Waals surface area contributed by atoms with Crippen LogP contribution in [-0.2, 0) is 5.88 Å². The highest BCUT2D eigenvalue weighted by atomic mass is 35.5. The van der Waals surface area contributed by atoms with Gasteiger partial charge in [-0.2, -0.15) is 0 Å². The molecule has 0 atom stereocenters. The van der Waals surface area contributed by atoms with E-state index in [9.17, 15) is 4.79 Å². The second-order valence-corrected chi connectivity index (χ2v) is 4.90. The largest absolute Gasteiger partial charge is 0.497 e. The molecule has 0 aromatic heterocycles. The summed E-state index contributed by atoms with van der Waals surface area (Å²) in [6.45, 7) is 0. The maximum atomic E-state index is 12.1. The normalized spacial score (nSPS) is 10.7. The summed E-state index contributed by atoms with van der Waals surface area (Å²) < 4.78 is 10.3. The highest BCUT2D eigenvalue weighted by Gasteiger charge is 2.04. The molecule has 0 spiro atoms. The molecule has 0 fully saturated rings. The number of rotatable bonds is 6. The van der Waals surface area contributed by atoms with E-state index < -0.39 is 0 Å². The van der Waals surface area contributed by atoms with Gasteiger partial charge in [0.15, 0.2) is 5.78 Å². The molecule has 2 rings (SSSR count). The van der Waals surface area contributed by atoms with Crippen molar-refractivity contribution < 1.29 is 14.3 Å². The van der Waals surface area contributed by atoms with Gasteiger partial charge in [0.1, 0.15) is 11.5 Å². The Morgan fingerprint density at radius 2 is 1.82 bits per heavy atom. The van der Waals surface area contributed by atoms with Crippen LogP contribution in [0.3, 0.4) is 0 Å². The van der Waals surface area contributed by atoms with E-state index >= 15 is 0 Å². The summed E-state index contributed by atoms with van der Waals surface area (Å²) in [7, 11) is 3.20. The first-order valence-corrected chi connectivity index (χ1v) is 7.30. The zero-order valence-corrected chi connectivity index (χ0v) is 13.3. The Morgan fingerprint density at radius 3 is 2.41 bits per heavy atom. The summed E-state index contributed by atoms with van der Waals surface area (Å²) in [4.78, 5) is 12.1. The van der Waals surface area contributed by atoms with Gasteiger partial charge in [0.2, 0.25) is 0 Å². The van der Waals surface area contributed by atoms with Crippen LogP contribution in [0.5, 0.6) is 11.5 Å². The molecule has 0 saturated heterocycles. The van der Waals surface area contributed by atoms with Crippen LogP contribution < -0.4 is 9.47 Å². The number of carbonyl (C=O) groups excluding carboxylic acids is 1. The summed E-state index contributed by atoms with van der Waals surface area (Å²) in [6, 6.07) is 12.6. The summed E-state index contributed by atoms with van der Waals surface area (Å²) >= 11 is 5.89. The molecule has 0 heterocycles. The van der Waals surface area contributed by atoms with E-state index in [1.807, 2.05) is 18.2 Å². The van der Waals surface area contributed by atoms with E-state index in [1.54, 1.807) is 50.6 Å². The minimum Gasteiger partial charge on any atom is -0.497 e. The monoisotopic (exact) mass is 316 g/mol. The van der Waals surface area contributed by atoms with Gasteiger partial charge in [0, 0.05) is 11.1 Å². The van der Waals surface area contributed by atoms with Crippen LogP contribution >= 0.6 is 11.6 Å². The van der Waals surface area contributed by atoms with Crippen LogP contribution in [0.15, 0.2) is 48.5 Å². The summed E-state index contributed by atoms with van der Waals surface area (Å²) in [5.41, 5.74) is 2.41. The molecule has 0 aliphatic heterocycles. The van der Waals surface area contributed by atoms with Gasteiger partial charge in [-0.25, -0.2) is 0 Å². The van der Waals surface area contributed by atoms with Crippen molar-refractivity contribution in [2.24, 2.45) is 0 Å².